The molecule has 1 saturated heterocycles. The number of carbonyl (C=O) groups is 2. The molecule has 128 valence electrons. The molecule has 6 heteroatoms. The molecule has 0 bridgehead atoms. The number of carbonyl (C=O) groups excluding carboxylic acids is 2. The van der Waals surface area contributed by atoms with Crippen molar-refractivity contribution in [2.24, 2.45) is 5.41 Å². The van der Waals surface area contributed by atoms with Gasteiger partial charge in [-0.25, -0.2) is 4.39 Å². The number of H-pyrrole nitrogens is 1. The second kappa shape index (κ2) is 5.92. The van der Waals surface area contributed by atoms with Gasteiger partial charge in [-0.15, -0.1) is 0 Å². The third-order valence-corrected chi connectivity index (χ3v) is 4.31. The maximum Gasteiger partial charge on any atom is 0.270 e. The fourth-order valence-corrected chi connectivity index (χ4v) is 2.98. The van der Waals surface area contributed by atoms with E-state index in [0.717, 1.165) is 5.52 Å². The number of halogens is 1. The third kappa shape index (κ3) is 3.13. The zero-order valence-corrected chi connectivity index (χ0v) is 14.2. The van der Waals surface area contributed by atoms with Crippen LogP contribution in [0.5, 0.6) is 0 Å². The summed E-state index contributed by atoms with van der Waals surface area (Å²) >= 11 is 0. The van der Waals surface area contributed by atoms with Crippen molar-refractivity contribution >= 4 is 22.7 Å². The molecule has 2 heterocycles. The molecular formula is C18H22FN3O2. The van der Waals surface area contributed by atoms with Crippen LogP contribution in [0.1, 0.15) is 31.3 Å². The zero-order chi connectivity index (χ0) is 17.5. The van der Waals surface area contributed by atoms with Crippen molar-refractivity contribution in [1.29, 1.82) is 0 Å². The van der Waals surface area contributed by atoms with E-state index in [1.807, 2.05) is 25.7 Å². The topological polar surface area (TPSA) is 56.4 Å². The molecule has 2 aromatic rings. The standard InChI is InChI=1S/C18H22FN3O2/c1-18(2,3)17(24)22-8-6-21(7-9-22)16(23)15-11-12-10-13(19)4-5-14(12)20-15/h4-5,10-11,20H,6-9H2,1-3H3. The predicted octanol–water partition coefficient (Wildman–Crippen LogP) is 2.64. The zero-order valence-electron chi connectivity index (χ0n) is 14.2. The van der Waals surface area contributed by atoms with Crippen molar-refractivity contribution in [1.82, 2.24) is 14.8 Å². The number of amides is 2. The van der Waals surface area contributed by atoms with Crippen LogP contribution in [0.25, 0.3) is 10.9 Å². The summed E-state index contributed by atoms with van der Waals surface area (Å²) in [6.07, 6.45) is 0. The Morgan fingerprint density at radius 2 is 1.67 bits per heavy atom. The minimum absolute atomic E-state index is 0.107. The lowest BCUT2D eigenvalue weighted by molar-refractivity contribution is -0.140. The van der Waals surface area contributed by atoms with Crippen LogP contribution in [-0.2, 0) is 4.79 Å². The van der Waals surface area contributed by atoms with Crippen molar-refractivity contribution in [2.45, 2.75) is 20.8 Å². The van der Waals surface area contributed by atoms with Gasteiger partial charge in [-0.2, -0.15) is 0 Å². The van der Waals surface area contributed by atoms with Crippen LogP contribution in [0.2, 0.25) is 0 Å². The van der Waals surface area contributed by atoms with E-state index in [1.54, 1.807) is 17.0 Å². The lowest BCUT2D eigenvalue weighted by Crippen LogP contribution is -2.53. The van der Waals surface area contributed by atoms with Gasteiger partial charge in [-0.1, -0.05) is 20.8 Å². The van der Waals surface area contributed by atoms with Gasteiger partial charge in [0.1, 0.15) is 11.5 Å². The highest BCUT2D eigenvalue weighted by Gasteiger charge is 2.31. The summed E-state index contributed by atoms with van der Waals surface area (Å²) in [4.78, 5) is 31.5. The Kier molecular flexibility index (Phi) is 4.07. The van der Waals surface area contributed by atoms with E-state index < -0.39 is 5.41 Å². The smallest absolute Gasteiger partial charge is 0.270 e. The third-order valence-electron chi connectivity index (χ3n) is 4.31. The van der Waals surface area contributed by atoms with E-state index in [1.165, 1.54) is 12.1 Å². The summed E-state index contributed by atoms with van der Waals surface area (Å²) in [6.45, 7) is 7.78. The van der Waals surface area contributed by atoms with Gasteiger partial charge < -0.3 is 14.8 Å². The number of rotatable bonds is 1. The Hall–Kier alpha value is -2.37. The number of hydrogen-bond donors (Lipinski definition) is 1. The number of piperazine rings is 1. The van der Waals surface area contributed by atoms with Crippen molar-refractivity contribution in [3.63, 3.8) is 0 Å². The van der Waals surface area contributed by atoms with Crippen LogP contribution in [0.15, 0.2) is 24.3 Å². The van der Waals surface area contributed by atoms with Gasteiger partial charge >= 0.3 is 0 Å². The number of nitrogens with zero attached hydrogens (tertiary/aromatic N) is 2. The predicted molar refractivity (Wildman–Crippen MR) is 90.2 cm³/mol. The fourth-order valence-electron chi connectivity index (χ4n) is 2.98. The summed E-state index contributed by atoms with van der Waals surface area (Å²) in [7, 11) is 0. The molecule has 1 fully saturated rings. The number of aromatic nitrogens is 1. The van der Waals surface area contributed by atoms with E-state index in [-0.39, 0.29) is 17.6 Å². The maximum absolute atomic E-state index is 13.3. The normalized spacial score (nSPS) is 15.8. The summed E-state index contributed by atoms with van der Waals surface area (Å²) in [5.74, 6) is -0.333. The molecule has 0 aliphatic carbocycles. The minimum atomic E-state index is -0.409. The van der Waals surface area contributed by atoms with Gasteiger partial charge in [0.2, 0.25) is 5.91 Å². The van der Waals surface area contributed by atoms with Gasteiger partial charge in [0.05, 0.1) is 0 Å². The van der Waals surface area contributed by atoms with Gasteiger partial charge in [0.15, 0.2) is 0 Å². The molecule has 0 atom stereocenters. The van der Waals surface area contributed by atoms with E-state index in [0.29, 0.717) is 37.3 Å². The Labute approximate surface area is 140 Å². The van der Waals surface area contributed by atoms with Gasteiger partial charge in [0.25, 0.3) is 5.91 Å². The monoisotopic (exact) mass is 331 g/mol. The van der Waals surface area contributed by atoms with E-state index in [2.05, 4.69) is 4.98 Å². The fraction of sp³-hybridized carbons (Fsp3) is 0.444. The SMILES string of the molecule is CC(C)(C)C(=O)N1CCN(C(=O)c2cc3cc(F)ccc3[nH]2)CC1. The molecule has 1 aromatic heterocycles. The highest BCUT2D eigenvalue weighted by Crippen LogP contribution is 2.21. The van der Waals surface area contributed by atoms with Gasteiger partial charge in [0, 0.05) is 42.5 Å². The first-order chi connectivity index (χ1) is 11.3. The van der Waals surface area contributed by atoms with Crippen LogP contribution < -0.4 is 0 Å². The average Bonchev–Trinajstić information content (AvgIpc) is 2.95. The lowest BCUT2D eigenvalue weighted by Gasteiger charge is -2.37. The summed E-state index contributed by atoms with van der Waals surface area (Å²) in [5, 5.41) is 0.680. The van der Waals surface area contributed by atoms with Crippen LogP contribution in [-0.4, -0.2) is 52.8 Å². The van der Waals surface area contributed by atoms with Crippen LogP contribution >= 0.6 is 0 Å². The highest BCUT2D eigenvalue weighted by molar-refractivity contribution is 5.98. The van der Waals surface area contributed by atoms with E-state index in [4.69, 9.17) is 0 Å². The summed E-state index contributed by atoms with van der Waals surface area (Å²) in [5.41, 5.74) is 0.778. The highest BCUT2D eigenvalue weighted by atomic mass is 19.1. The maximum atomic E-state index is 13.3. The van der Waals surface area contributed by atoms with Gasteiger partial charge in [-0.05, 0) is 24.3 Å². The molecular weight excluding hydrogens is 309 g/mol. The van der Waals surface area contributed by atoms with Crippen molar-refractivity contribution < 1.29 is 14.0 Å². The molecule has 5 nitrogen and oxygen atoms in total. The second-order valence-corrected chi connectivity index (χ2v) is 7.25. The molecule has 1 aliphatic heterocycles. The van der Waals surface area contributed by atoms with E-state index in [9.17, 15) is 14.0 Å². The molecule has 24 heavy (non-hydrogen) atoms. The molecule has 1 aliphatic rings. The quantitative estimate of drug-likeness (QED) is 0.873. The Morgan fingerprint density at radius 1 is 1.04 bits per heavy atom. The van der Waals surface area contributed by atoms with Crippen molar-refractivity contribution in [3.8, 4) is 0 Å². The molecule has 1 aromatic carbocycles. The first-order valence-corrected chi connectivity index (χ1v) is 8.12. The first kappa shape index (κ1) is 16.5. The second-order valence-electron chi connectivity index (χ2n) is 7.25. The Morgan fingerprint density at radius 3 is 2.29 bits per heavy atom. The molecule has 3 rings (SSSR count). The molecule has 1 N–H and O–H groups in total. The van der Waals surface area contributed by atoms with Crippen LogP contribution in [0.3, 0.4) is 0 Å². The number of benzene rings is 1. The van der Waals surface area contributed by atoms with Crippen LogP contribution in [0.4, 0.5) is 4.39 Å². The van der Waals surface area contributed by atoms with Crippen LogP contribution in [0, 0.1) is 11.2 Å². The van der Waals surface area contributed by atoms with Gasteiger partial charge in [-0.3, -0.25) is 9.59 Å². The molecule has 0 saturated carbocycles. The molecule has 2 amide bonds. The molecule has 0 radical (unpaired) electrons. The molecule has 0 unspecified atom stereocenters. The molecule has 0 spiro atoms. The summed E-state index contributed by atoms with van der Waals surface area (Å²) < 4.78 is 13.3. The number of hydrogen-bond acceptors (Lipinski definition) is 2. The largest absolute Gasteiger partial charge is 0.351 e. The summed E-state index contributed by atoms with van der Waals surface area (Å²) in [6, 6.07) is 6.07. The first-order valence-electron chi connectivity index (χ1n) is 8.12. The number of fused-ring (bicyclic) bond motifs is 1. The minimum Gasteiger partial charge on any atom is -0.351 e. The van der Waals surface area contributed by atoms with Crippen molar-refractivity contribution in [2.75, 3.05) is 26.2 Å². The van der Waals surface area contributed by atoms with Crippen molar-refractivity contribution in [3.05, 3.63) is 35.8 Å². The number of aromatic amines is 1. The lowest BCUT2D eigenvalue weighted by atomic mass is 9.94. The number of nitrogens with one attached hydrogen (secondary N) is 1. The average molecular weight is 331 g/mol. The van der Waals surface area contributed by atoms with E-state index >= 15 is 0 Å². The Bertz CT molecular complexity index is 783. The Balaban J connectivity index is 1.69.